The molecule has 0 atom stereocenters. The van der Waals surface area contributed by atoms with Crippen LogP contribution in [-0.4, -0.2) is 24.0 Å². The van der Waals surface area contributed by atoms with Crippen LogP contribution < -0.4 is 16.4 Å². The van der Waals surface area contributed by atoms with Gasteiger partial charge in [0.15, 0.2) is 0 Å². The van der Waals surface area contributed by atoms with E-state index in [9.17, 15) is 4.79 Å². The number of aromatic nitrogens is 1. The van der Waals surface area contributed by atoms with Crippen molar-refractivity contribution in [3.63, 3.8) is 0 Å². The second-order valence-electron chi connectivity index (χ2n) is 3.93. The smallest absolute Gasteiger partial charge is 0.236 e. The quantitative estimate of drug-likeness (QED) is 0.727. The van der Waals surface area contributed by atoms with Crippen molar-refractivity contribution in [3.05, 3.63) is 23.9 Å². The number of nitrogens with zero attached hydrogens (tertiary/aromatic N) is 2. The molecule has 5 heteroatoms. The highest BCUT2D eigenvalue weighted by Crippen LogP contribution is 2.16. The standard InChI is InChI=1S/C12H20N4O/c1-2-3-7-16(9-11(14)17)12-10(8-13)5-4-6-15-12/h4-6H,2-3,7-9,13H2,1H3,(H2,14,17). The minimum atomic E-state index is -0.352. The van der Waals surface area contributed by atoms with Crippen molar-refractivity contribution in [2.45, 2.75) is 26.3 Å². The number of carbonyl (C=O) groups excluding carboxylic acids is 1. The first-order valence-corrected chi connectivity index (χ1v) is 5.86. The van der Waals surface area contributed by atoms with Crippen molar-refractivity contribution in [1.82, 2.24) is 4.98 Å². The average Bonchev–Trinajstić information content (AvgIpc) is 2.34. The fourth-order valence-corrected chi connectivity index (χ4v) is 1.67. The van der Waals surface area contributed by atoms with Gasteiger partial charge in [-0.1, -0.05) is 19.4 Å². The van der Waals surface area contributed by atoms with Crippen LogP contribution in [-0.2, 0) is 11.3 Å². The lowest BCUT2D eigenvalue weighted by atomic mass is 10.2. The Morgan fingerprint density at radius 1 is 1.53 bits per heavy atom. The molecule has 0 unspecified atom stereocenters. The van der Waals surface area contributed by atoms with Gasteiger partial charge in [0.05, 0.1) is 6.54 Å². The van der Waals surface area contributed by atoms with Gasteiger partial charge in [-0.2, -0.15) is 0 Å². The van der Waals surface area contributed by atoms with E-state index in [4.69, 9.17) is 11.5 Å². The number of primary amides is 1. The highest BCUT2D eigenvalue weighted by Gasteiger charge is 2.13. The Kier molecular flexibility index (Phi) is 5.42. The third kappa shape index (κ3) is 4.03. The first kappa shape index (κ1) is 13.4. The Hall–Kier alpha value is -1.62. The van der Waals surface area contributed by atoms with E-state index in [0.29, 0.717) is 6.54 Å². The van der Waals surface area contributed by atoms with E-state index < -0.39 is 0 Å². The number of hydrogen-bond donors (Lipinski definition) is 2. The van der Waals surface area contributed by atoms with Crippen LogP contribution in [0.5, 0.6) is 0 Å². The van der Waals surface area contributed by atoms with E-state index in [1.54, 1.807) is 6.20 Å². The molecule has 94 valence electrons. The molecule has 0 aliphatic heterocycles. The predicted octanol–water partition coefficient (Wildman–Crippen LogP) is 0.632. The number of unbranched alkanes of at least 4 members (excludes halogenated alkanes) is 1. The van der Waals surface area contributed by atoms with Gasteiger partial charge >= 0.3 is 0 Å². The number of pyridine rings is 1. The summed E-state index contributed by atoms with van der Waals surface area (Å²) in [6.07, 6.45) is 3.75. The maximum absolute atomic E-state index is 11.1. The van der Waals surface area contributed by atoms with Gasteiger partial charge in [-0.05, 0) is 12.5 Å². The van der Waals surface area contributed by atoms with Crippen molar-refractivity contribution in [3.8, 4) is 0 Å². The minimum Gasteiger partial charge on any atom is -0.368 e. The molecule has 0 bridgehead atoms. The molecular formula is C12H20N4O. The van der Waals surface area contributed by atoms with Crippen molar-refractivity contribution < 1.29 is 4.79 Å². The van der Waals surface area contributed by atoms with Gasteiger partial charge in [0.2, 0.25) is 5.91 Å². The Labute approximate surface area is 102 Å². The van der Waals surface area contributed by atoms with E-state index in [1.807, 2.05) is 17.0 Å². The Morgan fingerprint density at radius 2 is 2.29 bits per heavy atom. The largest absolute Gasteiger partial charge is 0.368 e. The summed E-state index contributed by atoms with van der Waals surface area (Å²) in [4.78, 5) is 17.3. The van der Waals surface area contributed by atoms with Gasteiger partial charge < -0.3 is 16.4 Å². The number of carbonyl (C=O) groups is 1. The Balaban J connectivity index is 2.90. The first-order chi connectivity index (χ1) is 8.19. The van der Waals surface area contributed by atoms with Crippen molar-refractivity contribution in [2.75, 3.05) is 18.0 Å². The van der Waals surface area contributed by atoms with Gasteiger partial charge in [0.1, 0.15) is 5.82 Å². The van der Waals surface area contributed by atoms with Crippen LogP contribution in [0.2, 0.25) is 0 Å². The number of amides is 1. The normalized spacial score (nSPS) is 10.2. The molecule has 1 aromatic heterocycles. The zero-order valence-corrected chi connectivity index (χ0v) is 10.2. The van der Waals surface area contributed by atoms with Crippen LogP contribution in [0.1, 0.15) is 25.3 Å². The molecule has 0 radical (unpaired) electrons. The lowest BCUT2D eigenvalue weighted by Gasteiger charge is -2.24. The van der Waals surface area contributed by atoms with Crippen molar-refractivity contribution >= 4 is 11.7 Å². The topological polar surface area (TPSA) is 85.2 Å². The summed E-state index contributed by atoms with van der Waals surface area (Å²) in [5.41, 5.74) is 11.9. The van der Waals surface area contributed by atoms with E-state index in [2.05, 4.69) is 11.9 Å². The van der Waals surface area contributed by atoms with Gasteiger partial charge in [-0.3, -0.25) is 4.79 Å². The lowest BCUT2D eigenvalue weighted by Crippen LogP contribution is -2.35. The zero-order valence-electron chi connectivity index (χ0n) is 10.2. The van der Waals surface area contributed by atoms with E-state index in [0.717, 1.165) is 30.8 Å². The third-order valence-electron chi connectivity index (χ3n) is 2.52. The number of nitrogens with two attached hydrogens (primary N) is 2. The average molecular weight is 236 g/mol. The maximum Gasteiger partial charge on any atom is 0.236 e. The number of rotatable bonds is 7. The molecule has 0 saturated carbocycles. The molecule has 1 amide bonds. The lowest BCUT2D eigenvalue weighted by molar-refractivity contribution is -0.116. The summed E-state index contributed by atoms with van der Waals surface area (Å²) in [6.45, 7) is 3.46. The van der Waals surface area contributed by atoms with Crippen molar-refractivity contribution in [1.29, 1.82) is 0 Å². The molecule has 1 heterocycles. The summed E-state index contributed by atoms with van der Waals surface area (Å²) in [5.74, 6) is 0.414. The second kappa shape index (κ2) is 6.85. The summed E-state index contributed by atoms with van der Waals surface area (Å²) < 4.78 is 0. The maximum atomic E-state index is 11.1. The third-order valence-corrected chi connectivity index (χ3v) is 2.52. The molecule has 0 aliphatic rings. The van der Waals surface area contributed by atoms with Gasteiger partial charge in [0.25, 0.3) is 0 Å². The fraction of sp³-hybridized carbons (Fsp3) is 0.500. The van der Waals surface area contributed by atoms with Crippen LogP contribution >= 0.6 is 0 Å². The SMILES string of the molecule is CCCCN(CC(N)=O)c1ncccc1CN. The summed E-state index contributed by atoms with van der Waals surface area (Å²) in [7, 11) is 0. The highest BCUT2D eigenvalue weighted by atomic mass is 16.1. The van der Waals surface area contributed by atoms with Crippen LogP contribution in [0.15, 0.2) is 18.3 Å². The Bertz CT molecular complexity index is 367. The van der Waals surface area contributed by atoms with Gasteiger partial charge in [-0.25, -0.2) is 4.98 Å². The van der Waals surface area contributed by atoms with E-state index in [-0.39, 0.29) is 12.5 Å². The molecule has 1 aromatic rings. The molecule has 0 fully saturated rings. The highest BCUT2D eigenvalue weighted by molar-refractivity contribution is 5.79. The summed E-state index contributed by atoms with van der Waals surface area (Å²) >= 11 is 0. The van der Waals surface area contributed by atoms with Crippen LogP contribution in [0.3, 0.4) is 0 Å². The van der Waals surface area contributed by atoms with E-state index >= 15 is 0 Å². The monoisotopic (exact) mass is 236 g/mol. The summed E-state index contributed by atoms with van der Waals surface area (Å²) in [6, 6.07) is 3.76. The number of hydrogen-bond acceptors (Lipinski definition) is 4. The Morgan fingerprint density at radius 3 is 2.88 bits per heavy atom. The van der Waals surface area contributed by atoms with Gasteiger partial charge in [0, 0.05) is 24.8 Å². The zero-order chi connectivity index (χ0) is 12.7. The molecule has 4 N–H and O–H groups in total. The molecule has 5 nitrogen and oxygen atoms in total. The molecular weight excluding hydrogens is 216 g/mol. The van der Waals surface area contributed by atoms with Gasteiger partial charge in [-0.15, -0.1) is 0 Å². The predicted molar refractivity (Wildman–Crippen MR) is 68.4 cm³/mol. The molecule has 0 saturated heterocycles. The van der Waals surface area contributed by atoms with E-state index in [1.165, 1.54) is 0 Å². The number of anilines is 1. The minimum absolute atomic E-state index is 0.185. The molecule has 0 aliphatic carbocycles. The van der Waals surface area contributed by atoms with Crippen molar-refractivity contribution in [2.24, 2.45) is 11.5 Å². The molecule has 0 spiro atoms. The van der Waals surface area contributed by atoms with Crippen LogP contribution in [0.4, 0.5) is 5.82 Å². The first-order valence-electron chi connectivity index (χ1n) is 5.86. The van der Waals surface area contributed by atoms with Crippen LogP contribution in [0.25, 0.3) is 0 Å². The molecule has 1 rings (SSSR count). The molecule has 0 aromatic carbocycles. The summed E-state index contributed by atoms with van der Waals surface area (Å²) in [5, 5.41) is 0. The molecule has 17 heavy (non-hydrogen) atoms. The second-order valence-corrected chi connectivity index (χ2v) is 3.93. The van der Waals surface area contributed by atoms with Crippen LogP contribution in [0, 0.1) is 0 Å². The fourth-order valence-electron chi connectivity index (χ4n) is 1.67.